The number of aromatic nitrogens is 1. The van der Waals surface area contributed by atoms with E-state index in [9.17, 15) is 4.79 Å². The summed E-state index contributed by atoms with van der Waals surface area (Å²) in [7, 11) is 0. The molecule has 7 nitrogen and oxygen atoms in total. The van der Waals surface area contributed by atoms with Crippen LogP contribution in [0.1, 0.15) is 23.3 Å². The first-order valence-electron chi connectivity index (χ1n) is 8.16. The van der Waals surface area contributed by atoms with Crippen LogP contribution >= 0.6 is 24.8 Å². The highest BCUT2D eigenvalue weighted by molar-refractivity contribution is 5.97. The number of rotatable bonds is 3. The number of amides is 1. The van der Waals surface area contributed by atoms with Crippen LogP contribution in [0.15, 0.2) is 29.0 Å². The summed E-state index contributed by atoms with van der Waals surface area (Å²) >= 11 is 0. The van der Waals surface area contributed by atoms with Crippen LogP contribution in [0.2, 0.25) is 0 Å². The zero-order valence-electron chi connectivity index (χ0n) is 14.0. The van der Waals surface area contributed by atoms with Gasteiger partial charge in [-0.2, -0.15) is 0 Å². The van der Waals surface area contributed by atoms with Gasteiger partial charge in [0.15, 0.2) is 29.3 Å². The van der Waals surface area contributed by atoms with Crippen LogP contribution in [0.3, 0.4) is 0 Å². The molecule has 2 N–H and O–H groups in total. The van der Waals surface area contributed by atoms with E-state index in [-0.39, 0.29) is 42.5 Å². The third-order valence-electron chi connectivity index (χ3n) is 4.22. The van der Waals surface area contributed by atoms with Crippen molar-refractivity contribution in [3.8, 4) is 22.8 Å². The van der Waals surface area contributed by atoms with Gasteiger partial charge in [-0.3, -0.25) is 4.79 Å². The van der Waals surface area contributed by atoms with Crippen LogP contribution in [-0.4, -0.2) is 43.2 Å². The molecule has 1 aromatic heterocycles. The average molecular weight is 402 g/mol. The van der Waals surface area contributed by atoms with Gasteiger partial charge >= 0.3 is 0 Å². The number of fused-ring (bicyclic) bond motifs is 1. The standard InChI is InChI=1S/C17H19N3O4.2ClH/c21-17(20-12-2-1-5-18-9-12)15-16(24-10-19-15)11-3-4-13-14(8-11)23-7-6-22-13;;/h3-4,8,10,12,18H,1-2,5-7,9H2,(H,20,21);2*1H/t12-;;/m0../s1. The quantitative estimate of drug-likeness (QED) is 0.821. The van der Waals surface area contributed by atoms with Gasteiger partial charge in [-0.15, -0.1) is 24.8 Å². The second-order valence-electron chi connectivity index (χ2n) is 5.91. The Balaban J connectivity index is 0.00000121. The van der Waals surface area contributed by atoms with E-state index in [0.29, 0.717) is 30.5 Å². The van der Waals surface area contributed by atoms with E-state index < -0.39 is 0 Å². The first kappa shape index (κ1) is 20.4. The molecule has 26 heavy (non-hydrogen) atoms. The molecule has 1 saturated heterocycles. The maximum Gasteiger partial charge on any atom is 0.274 e. The minimum atomic E-state index is -0.220. The van der Waals surface area contributed by atoms with Crippen molar-refractivity contribution in [1.29, 1.82) is 0 Å². The number of carbonyl (C=O) groups is 1. The second kappa shape index (κ2) is 9.12. The molecule has 0 spiro atoms. The lowest BCUT2D eigenvalue weighted by atomic mass is 10.1. The lowest BCUT2D eigenvalue weighted by Gasteiger charge is -2.23. The molecule has 2 aliphatic heterocycles. The predicted octanol–water partition coefficient (Wildman–Crippen LogP) is 2.44. The van der Waals surface area contributed by atoms with Gasteiger partial charge in [-0.05, 0) is 37.6 Å². The monoisotopic (exact) mass is 401 g/mol. The van der Waals surface area contributed by atoms with Gasteiger partial charge in [0, 0.05) is 18.2 Å². The normalized spacial score (nSPS) is 18.2. The molecule has 0 bridgehead atoms. The second-order valence-corrected chi connectivity index (χ2v) is 5.91. The molecular formula is C17H21Cl2N3O4. The molecule has 0 saturated carbocycles. The summed E-state index contributed by atoms with van der Waals surface area (Å²) in [5.74, 6) is 1.57. The number of carbonyl (C=O) groups excluding carboxylic acids is 1. The van der Waals surface area contributed by atoms with Gasteiger partial charge in [-0.25, -0.2) is 4.98 Å². The summed E-state index contributed by atoms with van der Waals surface area (Å²) < 4.78 is 16.6. The molecule has 1 fully saturated rings. The topological polar surface area (TPSA) is 85.6 Å². The van der Waals surface area contributed by atoms with Gasteiger partial charge in [-0.1, -0.05) is 0 Å². The number of piperidine rings is 1. The fraction of sp³-hybridized carbons (Fsp3) is 0.412. The third kappa shape index (κ3) is 4.23. The molecule has 1 atom stereocenters. The van der Waals surface area contributed by atoms with Crippen LogP contribution in [0.5, 0.6) is 11.5 Å². The van der Waals surface area contributed by atoms with E-state index in [2.05, 4.69) is 15.6 Å². The van der Waals surface area contributed by atoms with E-state index in [0.717, 1.165) is 31.5 Å². The smallest absolute Gasteiger partial charge is 0.274 e. The van der Waals surface area contributed by atoms with Crippen LogP contribution in [0.25, 0.3) is 11.3 Å². The molecule has 0 aliphatic carbocycles. The lowest BCUT2D eigenvalue weighted by Crippen LogP contribution is -2.45. The summed E-state index contributed by atoms with van der Waals surface area (Å²) in [5.41, 5.74) is 1.03. The zero-order valence-corrected chi connectivity index (χ0v) is 15.7. The van der Waals surface area contributed by atoms with Gasteiger partial charge in [0.1, 0.15) is 13.2 Å². The van der Waals surface area contributed by atoms with Crippen molar-refractivity contribution in [2.75, 3.05) is 26.3 Å². The van der Waals surface area contributed by atoms with Gasteiger partial charge in [0.25, 0.3) is 5.91 Å². The summed E-state index contributed by atoms with van der Waals surface area (Å²) in [5, 5.41) is 6.29. The van der Waals surface area contributed by atoms with Crippen LogP contribution in [0, 0.1) is 0 Å². The van der Waals surface area contributed by atoms with E-state index in [1.807, 2.05) is 18.2 Å². The predicted molar refractivity (Wildman–Crippen MR) is 101 cm³/mol. The molecule has 3 heterocycles. The average Bonchev–Trinajstić information content (AvgIpc) is 3.12. The number of hydrogen-bond donors (Lipinski definition) is 2. The Morgan fingerprint density at radius 2 is 2.00 bits per heavy atom. The van der Waals surface area contributed by atoms with Crippen LogP contribution < -0.4 is 20.1 Å². The summed E-state index contributed by atoms with van der Waals surface area (Å²) in [6, 6.07) is 5.59. The molecule has 0 radical (unpaired) electrons. The molecular weight excluding hydrogens is 381 g/mol. The molecule has 142 valence electrons. The summed E-state index contributed by atoms with van der Waals surface area (Å²) in [6.45, 7) is 2.83. The lowest BCUT2D eigenvalue weighted by molar-refractivity contribution is 0.0926. The van der Waals surface area contributed by atoms with Gasteiger partial charge < -0.3 is 24.5 Å². The van der Waals surface area contributed by atoms with Gasteiger partial charge in [0.05, 0.1) is 0 Å². The minimum absolute atomic E-state index is 0. The Morgan fingerprint density at radius 1 is 1.19 bits per heavy atom. The van der Waals surface area contributed by atoms with Crippen molar-refractivity contribution in [2.24, 2.45) is 0 Å². The molecule has 9 heteroatoms. The first-order valence-corrected chi connectivity index (χ1v) is 8.16. The molecule has 0 unspecified atom stereocenters. The first-order chi connectivity index (χ1) is 11.8. The van der Waals surface area contributed by atoms with E-state index in [1.54, 1.807) is 0 Å². The maximum absolute atomic E-state index is 12.5. The van der Waals surface area contributed by atoms with Crippen LogP contribution in [-0.2, 0) is 0 Å². The van der Waals surface area contributed by atoms with Crippen molar-refractivity contribution in [2.45, 2.75) is 18.9 Å². The van der Waals surface area contributed by atoms with Crippen molar-refractivity contribution in [1.82, 2.24) is 15.6 Å². The number of benzene rings is 1. The molecule has 4 rings (SSSR count). The summed E-state index contributed by atoms with van der Waals surface area (Å²) in [6.07, 6.45) is 3.31. The van der Waals surface area contributed by atoms with E-state index in [4.69, 9.17) is 13.9 Å². The number of halogens is 2. The number of ether oxygens (including phenoxy) is 2. The fourth-order valence-corrected chi connectivity index (χ4v) is 3.03. The third-order valence-corrected chi connectivity index (χ3v) is 4.22. The Hall–Kier alpha value is -1.96. The van der Waals surface area contributed by atoms with E-state index >= 15 is 0 Å². The Morgan fingerprint density at radius 3 is 2.77 bits per heavy atom. The number of nitrogens with zero attached hydrogens (tertiary/aromatic N) is 1. The Labute approximate surface area is 163 Å². The van der Waals surface area contributed by atoms with Crippen molar-refractivity contribution in [3.05, 3.63) is 30.3 Å². The van der Waals surface area contributed by atoms with E-state index in [1.165, 1.54) is 6.39 Å². The molecule has 1 amide bonds. The maximum atomic E-state index is 12.5. The summed E-state index contributed by atoms with van der Waals surface area (Å²) in [4.78, 5) is 16.6. The highest BCUT2D eigenvalue weighted by Gasteiger charge is 2.23. The fourth-order valence-electron chi connectivity index (χ4n) is 3.03. The Kier molecular flexibility index (Phi) is 7.14. The van der Waals surface area contributed by atoms with Gasteiger partial charge in [0.2, 0.25) is 0 Å². The van der Waals surface area contributed by atoms with Crippen molar-refractivity contribution in [3.63, 3.8) is 0 Å². The zero-order chi connectivity index (χ0) is 16.4. The molecule has 2 aromatic rings. The SMILES string of the molecule is Cl.Cl.O=C(N[C@H]1CCCNC1)c1ncoc1-c1ccc2c(c1)OCCO2. The highest BCUT2D eigenvalue weighted by Crippen LogP contribution is 2.35. The molecule has 1 aromatic carbocycles. The number of nitrogens with one attached hydrogen (secondary N) is 2. The van der Waals surface area contributed by atoms with Crippen molar-refractivity contribution >= 4 is 30.7 Å². The minimum Gasteiger partial charge on any atom is -0.486 e. The number of oxazole rings is 1. The number of hydrogen-bond acceptors (Lipinski definition) is 6. The van der Waals surface area contributed by atoms with Crippen LogP contribution in [0.4, 0.5) is 0 Å². The van der Waals surface area contributed by atoms with Crippen molar-refractivity contribution < 1.29 is 18.7 Å². The largest absolute Gasteiger partial charge is 0.486 e. The molecule has 2 aliphatic rings. The Bertz CT molecular complexity index is 747. The highest BCUT2D eigenvalue weighted by atomic mass is 35.5.